The van der Waals surface area contributed by atoms with Crippen LogP contribution in [0.5, 0.6) is 11.5 Å². The first kappa shape index (κ1) is 16.7. The number of phenolic OH excluding ortho intramolecular Hbond substituents is 1. The van der Waals surface area contributed by atoms with E-state index in [-0.39, 0.29) is 30.2 Å². The van der Waals surface area contributed by atoms with Crippen molar-refractivity contribution in [3.8, 4) is 11.5 Å². The van der Waals surface area contributed by atoms with E-state index in [1.165, 1.54) is 0 Å². The van der Waals surface area contributed by atoms with Crippen molar-refractivity contribution in [1.82, 2.24) is 0 Å². The molecular formula is C19H20O4. The lowest BCUT2D eigenvalue weighted by molar-refractivity contribution is -0.118. The number of hydrogen-bond acceptors (Lipinski definition) is 4. The van der Waals surface area contributed by atoms with E-state index in [1.807, 2.05) is 13.0 Å². The number of benzene rings is 2. The smallest absolute Gasteiger partial charge is 0.170 e. The number of phenols is 1. The molecule has 120 valence electrons. The average molecular weight is 312 g/mol. The normalized spacial score (nSPS) is 10.3. The van der Waals surface area contributed by atoms with Crippen LogP contribution in [0, 0.1) is 0 Å². The molecule has 0 aliphatic heterocycles. The zero-order valence-corrected chi connectivity index (χ0v) is 13.1. The van der Waals surface area contributed by atoms with E-state index in [1.54, 1.807) is 42.5 Å². The lowest BCUT2D eigenvalue weighted by atomic mass is 10.0. The van der Waals surface area contributed by atoms with Gasteiger partial charge in [0.1, 0.15) is 5.78 Å². The minimum atomic E-state index is -0.156. The van der Waals surface area contributed by atoms with E-state index < -0.39 is 0 Å². The van der Waals surface area contributed by atoms with Gasteiger partial charge in [-0.15, -0.1) is 0 Å². The molecule has 0 aliphatic carbocycles. The number of rotatable bonds is 8. The van der Waals surface area contributed by atoms with E-state index in [4.69, 9.17) is 4.74 Å². The molecule has 0 atom stereocenters. The monoisotopic (exact) mass is 312 g/mol. The molecule has 23 heavy (non-hydrogen) atoms. The lowest BCUT2D eigenvalue weighted by Crippen LogP contribution is -2.09. The molecule has 0 saturated heterocycles. The Morgan fingerprint density at radius 2 is 1.83 bits per heavy atom. The van der Waals surface area contributed by atoms with Crippen LogP contribution in [0.1, 0.15) is 35.7 Å². The Morgan fingerprint density at radius 1 is 1.09 bits per heavy atom. The summed E-state index contributed by atoms with van der Waals surface area (Å²) in [6, 6.07) is 13.9. The number of ketones is 2. The Morgan fingerprint density at radius 3 is 2.52 bits per heavy atom. The molecule has 2 aromatic carbocycles. The quantitative estimate of drug-likeness (QED) is 0.598. The molecule has 0 bridgehead atoms. The third-order valence-corrected chi connectivity index (χ3v) is 3.47. The summed E-state index contributed by atoms with van der Waals surface area (Å²) in [5, 5.41) is 9.65. The number of Topliss-reactive ketones (excluding diaryl/α,β-unsaturated/α-hetero) is 2. The van der Waals surface area contributed by atoms with Gasteiger partial charge in [0.05, 0.1) is 13.0 Å². The zero-order chi connectivity index (χ0) is 16.7. The van der Waals surface area contributed by atoms with Gasteiger partial charge < -0.3 is 9.84 Å². The van der Waals surface area contributed by atoms with Gasteiger partial charge in [0, 0.05) is 12.0 Å². The molecule has 0 unspecified atom stereocenters. The summed E-state index contributed by atoms with van der Waals surface area (Å²) in [4.78, 5) is 24.0. The summed E-state index contributed by atoms with van der Waals surface area (Å²) >= 11 is 0. The number of aryl methyl sites for hydroxylation is 1. The lowest BCUT2D eigenvalue weighted by Gasteiger charge is -2.08. The third-order valence-electron chi connectivity index (χ3n) is 3.47. The predicted molar refractivity (Wildman–Crippen MR) is 88.0 cm³/mol. The molecule has 0 radical (unpaired) electrons. The molecule has 1 N–H and O–H groups in total. The standard InChI is InChI=1S/C19H20O4/c1-2-23-19-12-14(9-11-17(19)21)8-10-16(20)13-18(22)15-6-4-3-5-7-15/h3-7,9,11-12,21H,2,8,10,13H2,1H3. The van der Waals surface area contributed by atoms with Gasteiger partial charge in [-0.05, 0) is 31.0 Å². The maximum Gasteiger partial charge on any atom is 0.170 e. The van der Waals surface area contributed by atoms with Crippen molar-refractivity contribution < 1.29 is 19.4 Å². The Balaban J connectivity index is 1.89. The minimum absolute atomic E-state index is 0.0829. The van der Waals surface area contributed by atoms with Crippen molar-refractivity contribution in [3.05, 3.63) is 59.7 Å². The van der Waals surface area contributed by atoms with Crippen molar-refractivity contribution in [2.75, 3.05) is 6.61 Å². The molecule has 0 saturated carbocycles. The van der Waals surface area contributed by atoms with E-state index in [0.717, 1.165) is 5.56 Å². The van der Waals surface area contributed by atoms with Gasteiger partial charge in [-0.2, -0.15) is 0 Å². The molecule has 0 aromatic heterocycles. The summed E-state index contributed by atoms with van der Waals surface area (Å²) in [6.45, 7) is 2.30. The van der Waals surface area contributed by atoms with E-state index in [9.17, 15) is 14.7 Å². The number of carbonyl (C=O) groups is 2. The predicted octanol–water partition coefficient (Wildman–Crippen LogP) is 3.57. The van der Waals surface area contributed by atoms with Crippen LogP contribution in [0.15, 0.2) is 48.5 Å². The third kappa shape index (κ3) is 4.95. The Kier molecular flexibility index (Phi) is 5.92. The molecule has 0 heterocycles. The first-order valence-electron chi connectivity index (χ1n) is 7.64. The molecule has 0 amide bonds. The van der Waals surface area contributed by atoms with E-state index in [0.29, 0.717) is 24.3 Å². The number of ether oxygens (including phenoxy) is 1. The van der Waals surface area contributed by atoms with Gasteiger partial charge in [-0.25, -0.2) is 0 Å². The summed E-state index contributed by atoms with van der Waals surface area (Å²) in [5.41, 5.74) is 1.45. The van der Waals surface area contributed by atoms with Crippen molar-refractivity contribution in [2.24, 2.45) is 0 Å². The molecule has 0 fully saturated rings. The van der Waals surface area contributed by atoms with Crippen molar-refractivity contribution in [2.45, 2.75) is 26.2 Å². The highest BCUT2D eigenvalue weighted by Crippen LogP contribution is 2.27. The summed E-state index contributed by atoms with van der Waals surface area (Å²) in [7, 11) is 0. The molecule has 2 aromatic rings. The summed E-state index contributed by atoms with van der Waals surface area (Å²) in [5.74, 6) is 0.250. The van der Waals surface area contributed by atoms with Crippen LogP contribution >= 0.6 is 0 Å². The first-order valence-corrected chi connectivity index (χ1v) is 7.64. The molecule has 4 nitrogen and oxygen atoms in total. The maximum atomic E-state index is 12.0. The van der Waals surface area contributed by atoms with E-state index in [2.05, 4.69) is 0 Å². The van der Waals surface area contributed by atoms with Gasteiger partial charge in [0.2, 0.25) is 0 Å². The fraction of sp³-hybridized carbons (Fsp3) is 0.263. The number of hydrogen-bond donors (Lipinski definition) is 1. The molecule has 0 spiro atoms. The maximum absolute atomic E-state index is 12.0. The average Bonchev–Trinajstić information content (AvgIpc) is 2.56. The second kappa shape index (κ2) is 8.13. The van der Waals surface area contributed by atoms with Crippen LogP contribution < -0.4 is 4.74 Å². The van der Waals surface area contributed by atoms with Crippen LogP contribution in [0.3, 0.4) is 0 Å². The van der Waals surface area contributed by atoms with Crippen molar-refractivity contribution >= 4 is 11.6 Å². The highest BCUT2D eigenvalue weighted by molar-refractivity contribution is 6.07. The first-order chi connectivity index (χ1) is 11.1. The van der Waals surface area contributed by atoms with Gasteiger partial charge in [0.25, 0.3) is 0 Å². The molecular weight excluding hydrogens is 292 g/mol. The molecule has 0 aliphatic rings. The van der Waals surface area contributed by atoms with Gasteiger partial charge >= 0.3 is 0 Å². The number of aromatic hydroxyl groups is 1. The van der Waals surface area contributed by atoms with E-state index >= 15 is 0 Å². The second-order valence-electron chi connectivity index (χ2n) is 5.24. The zero-order valence-electron chi connectivity index (χ0n) is 13.1. The summed E-state index contributed by atoms with van der Waals surface area (Å²) < 4.78 is 5.32. The topological polar surface area (TPSA) is 63.6 Å². The Bertz CT molecular complexity index is 677. The van der Waals surface area contributed by atoms with Gasteiger partial charge in [-0.1, -0.05) is 36.4 Å². The van der Waals surface area contributed by atoms with Crippen LogP contribution in [-0.4, -0.2) is 23.3 Å². The SMILES string of the molecule is CCOc1cc(CCC(=O)CC(=O)c2ccccc2)ccc1O. The fourth-order valence-electron chi connectivity index (χ4n) is 2.26. The largest absolute Gasteiger partial charge is 0.504 e. The second-order valence-corrected chi connectivity index (χ2v) is 5.24. The summed E-state index contributed by atoms with van der Waals surface area (Å²) in [6.07, 6.45) is 0.719. The van der Waals surface area contributed by atoms with Gasteiger partial charge in [-0.3, -0.25) is 9.59 Å². The van der Waals surface area contributed by atoms with Crippen LogP contribution in [0.4, 0.5) is 0 Å². The highest BCUT2D eigenvalue weighted by Gasteiger charge is 2.12. The van der Waals surface area contributed by atoms with Crippen LogP contribution in [0.2, 0.25) is 0 Å². The Hall–Kier alpha value is -2.62. The minimum Gasteiger partial charge on any atom is -0.504 e. The molecule has 4 heteroatoms. The Labute approximate surface area is 135 Å². The highest BCUT2D eigenvalue weighted by atomic mass is 16.5. The fourth-order valence-corrected chi connectivity index (χ4v) is 2.26. The van der Waals surface area contributed by atoms with Crippen molar-refractivity contribution in [3.63, 3.8) is 0 Å². The van der Waals surface area contributed by atoms with Crippen LogP contribution in [0.25, 0.3) is 0 Å². The van der Waals surface area contributed by atoms with Gasteiger partial charge in [0.15, 0.2) is 17.3 Å². The molecule has 2 rings (SSSR count). The number of carbonyl (C=O) groups excluding carboxylic acids is 2. The van der Waals surface area contributed by atoms with Crippen LogP contribution in [-0.2, 0) is 11.2 Å². The van der Waals surface area contributed by atoms with Crippen molar-refractivity contribution in [1.29, 1.82) is 0 Å².